The molecule has 1 aromatic carbocycles. The van der Waals surface area contributed by atoms with Crippen molar-refractivity contribution in [2.24, 2.45) is 0 Å². The lowest BCUT2D eigenvalue weighted by molar-refractivity contribution is 0.0819. The molecule has 2 rings (SSSR count). The number of hydrogen-bond donors (Lipinski definition) is 3. The molecule has 4 nitrogen and oxygen atoms in total. The zero-order chi connectivity index (χ0) is 13.8. The average Bonchev–Trinajstić information content (AvgIpc) is 2.54. The number of amides is 1. The van der Waals surface area contributed by atoms with Crippen LogP contribution in [0.2, 0.25) is 0 Å². The van der Waals surface area contributed by atoms with Crippen molar-refractivity contribution in [3.05, 3.63) is 28.2 Å². The molecule has 1 aliphatic carbocycles. The van der Waals surface area contributed by atoms with Crippen LogP contribution in [0.5, 0.6) is 0 Å². The van der Waals surface area contributed by atoms with Gasteiger partial charge in [0.15, 0.2) is 0 Å². The maximum atomic E-state index is 12.2. The fourth-order valence-electron chi connectivity index (χ4n) is 2.45. The number of nitrogen functional groups attached to an aromatic ring is 1. The van der Waals surface area contributed by atoms with Crippen LogP contribution in [0, 0.1) is 0 Å². The van der Waals surface area contributed by atoms with Crippen LogP contribution in [0.4, 0.5) is 5.69 Å². The monoisotopic (exact) mass is 326 g/mol. The number of halogens is 1. The zero-order valence-corrected chi connectivity index (χ0v) is 12.3. The zero-order valence-electron chi connectivity index (χ0n) is 10.7. The Bertz CT molecular complexity index is 445. The molecule has 1 fully saturated rings. The van der Waals surface area contributed by atoms with Gasteiger partial charge in [0.1, 0.15) is 0 Å². The molecule has 0 aliphatic heterocycles. The summed E-state index contributed by atoms with van der Waals surface area (Å²) in [5.74, 6) is -0.182. The molecule has 0 heterocycles. The second-order valence-corrected chi connectivity index (χ2v) is 5.97. The molecule has 0 bridgehead atoms. The summed E-state index contributed by atoms with van der Waals surface area (Å²) in [5.41, 5.74) is 6.78. The van der Waals surface area contributed by atoms with Gasteiger partial charge in [0.25, 0.3) is 5.91 Å². The minimum atomic E-state index is -0.448. The maximum Gasteiger partial charge on any atom is 0.251 e. The first kappa shape index (κ1) is 14.3. The maximum absolute atomic E-state index is 12.2. The summed E-state index contributed by atoms with van der Waals surface area (Å²) in [7, 11) is 0. The standard InChI is InChI=1S/C14H19BrN2O2/c15-10-6-9(7-11(16)8-10)14(19)17-12-4-2-1-3-5-13(12)18/h6-8,12-13,18H,1-5,16H2,(H,17,19). The predicted octanol–water partition coefficient (Wildman–Crippen LogP) is 2.45. The van der Waals surface area contributed by atoms with Gasteiger partial charge in [-0.2, -0.15) is 0 Å². The summed E-state index contributed by atoms with van der Waals surface area (Å²) in [6, 6.07) is 4.96. The number of aliphatic hydroxyl groups excluding tert-OH is 1. The van der Waals surface area contributed by atoms with E-state index in [2.05, 4.69) is 21.2 Å². The molecule has 0 saturated heterocycles. The fraction of sp³-hybridized carbons (Fsp3) is 0.500. The van der Waals surface area contributed by atoms with Gasteiger partial charge >= 0.3 is 0 Å². The average molecular weight is 327 g/mol. The third-order valence-electron chi connectivity index (χ3n) is 3.48. The highest BCUT2D eigenvalue weighted by atomic mass is 79.9. The van der Waals surface area contributed by atoms with Gasteiger partial charge in [-0.05, 0) is 31.0 Å². The number of nitrogens with one attached hydrogen (secondary N) is 1. The number of benzene rings is 1. The summed E-state index contributed by atoms with van der Waals surface area (Å²) in [6.07, 6.45) is 4.32. The predicted molar refractivity (Wildman–Crippen MR) is 78.9 cm³/mol. The molecule has 4 N–H and O–H groups in total. The molecule has 1 saturated carbocycles. The van der Waals surface area contributed by atoms with E-state index in [4.69, 9.17) is 5.73 Å². The van der Waals surface area contributed by atoms with E-state index < -0.39 is 6.10 Å². The van der Waals surface area contributed by atoms with E-state index in [1.807, 2.05) is 0 Å². The first-order valence-electron chi connectivity index (χ1n) is 6.61. The lowest BCUT2D eigenvalue weighted by Crippen LogP contribution is -2.42. The van der Waals surface area contributed by atoms with Crippen LogP contribution in [0.25, 0.3) is 0 Å². The van der Waals surface area contributed by atoms with E-state index >= 15 is 0 Å². The smallest absolute Gasteiger partial charge is 0.251 e. The van der Waals surface area contributed by atoms with Crippen molar-refractivity contribution in [2.45, 2.75) is 44.2 Å². The Balaban J connectivity index is 2.07. The number of hydrogen-bond acceptors (Lipinski definition) is 3. The van der Waals surface area contributed by atoms with Crippen LogP contribution in [0.3, 0.4) is 0 Å². The van der Waals surface area contributed by atoms with Crippen molar-refractivity contribution in [2.75, 3.05) is 5.73 Å². The van der Waals surface area contributed by atoms with Crippen molar-refractivity contribution >= 4 is 27.5 Å². The van der Waals surface area contributed by atoms with Crippen molar-refractivity contribution in [3.8, 4) is 0 Å². The van der Waals surface area contributed by atoms with Crippen molar-refractivity contribution in [3.63, 3.8) is 0 Å². The summed E-state index contributed by atoms with van der Waals surface area (Å²) >= 11 is 3.32. The SMILES string of the molecule is Nc1cc(Br)cc(C(=O)NC2CCCCCC2O)c1. The molecule has 0 radical (unpaired) electrons. The van der Waals surface area contributed by atoms with Crippen molar-refractivity contribution in [1.82, 2.24) is 5.32 Å². The highest BCUT2D eigenvalue weighted by Gasteiger charge is 2.23. The topological polar surface area (TPSA) is 75.4 Å². The second kappa shape index (κ2) is 6.39. The Hall–Kier alpha value is -1.07. The largest absolute Gasteiger partial charge is 0.399 e. The summed E-state index contributed by atoms with van der Waals surface area (Å²) in [5, 5.41) is 12.9. The quantitative estimate of drug-likeness (QED) is 0.577. The molecule has 0 spiro atoms. The minimum Gasteiger partial charge on any atom is -0.399 e. The van der Waals surface area contributed by atoms with Gasteiger partial charge in [0.2, 0.25) is 0 Å². The minimum absolute atomic E-state index is 0.157. The van der Waals surface area contributed by atoms with E-state index in [1.165, 1.54) is 0 Å². The molecule has 2 atom stereocenters. The Morgan fingerprint density at radius 1 is 1.26 bits per heavy atom. The molecular weight excluding hydrogens is 308 g/mol. The normalized spacial score (nSPS) is 23.7. The Kier molecular flexibility index (Phi) is 4.82. The van der Waals surface area contributed by atoms with Gasteiger partial charge in [-0.3, -0.25) is 4.79 Å². The Labute approximate surface area is 121 Å². The lowest BCUT2D eigenvalue weighted by atomic mass is 10.1. The number of anilines is 1. The van der Waals surface area contributed by atoms with Crippen LogP contribution in [0.1, 0.15) is 42.5 Å². The molecule has 1 amide bonds. The van der Waals surface area contributed by atoms with Gasteiger partial charge in [0.05, 0.1) is 12.1 Å². The summed E-state index contributed by atoms with van der Waals surface area (Å²) in [6.45, 7) is 0. The summed E-state index contributed by atoms with van der Waals surface area (Å²) < 4.78 is 0.777. The van der Waals surface area contributed by atoms with Gasteiger partial charge in [-0.1, -0.05) is 35.2 Å². The molecular formula is C14H19BrN2O2. The Morgan fingerprint density at radius 2 is 2.00 bits per heavy atom. The molecule has 2 unspecified atom stereocenters. The molecule has 19 heavy (non-hydrogen) atoms. The first-order chi connectivity index (χ1) is 9.06. The van der Waals surface area contributed by atoms with Crippen molar-refractivity contribution in [1.29, 1.82) is 0 Å². The number of nitrogens with two attached hydrogens (primary N) is 1. The van der Waals surface area contributed by atoms with Gasteiger partial charge in [-0.25, -0.2) is 0 Å². The van der Waals surface area contributed by atoms with E-state index in [1.54, 1.807) is 18.2 Å². The Morgan fingerprint density at radius 3 is 2.74 bits per heavy atom. The molecule has 5 heteroatoms. The lowest BCUT2D eigenvalue weighted by Gasteiger charge is -2.21. The van der Waals surface area contributed by atoms with Crippen LogP contribution >= 0.6 is 15.9 Å². The number of carbonyl (C=O) groups is 1. The second-order valence-electron chi connectivity index (χ2n) is 5.06. The van der Waals surface area contributed by atoms with Gasteiger partial charge in [0, 0.05) is 15.7 Å². The third kappa shape index (κ3) is 3.94. The number of carbonyl (C=O) groups excluding carboxylic acids is 1. The van der Waals surface area contributed by atoms with Crippen molar-refractivity contribution < 1.29 is 9.90 Å². The van der Waals surface area contributed by atoms with Gasteiger partial charge in [-0.15, -0.1) is 0 Å². The highest BCUT2D eigenvalue weighted by Crippen LogP contribution is 2.20. The molecule has 0 aromatic heterocycles. The van der Waals surface area contributed by atoms with Crippen LogP contribution in [0.15, 0.2) is 22.7 Å². The van der Waals surface area contributed by atoms with E-state index in [0.29, 0.717) is 11.3 Å². The van der Waals surface area contributed by atoms with E-state index in [0.717, 1.165) is 36.6 Å². The van der Waals surface area contributed by atoms with Gasteiger partial charge < -0.3 is 16.2 Å². The third-order valence-corrected chi connectivity index (χ3v) is 3.94. The van der Waals surface area contributed by atoms with E-state index in [-0.39, 0.29) is 11.9 Å². The van der Waals surface area contributed by atoms with Crippen LogP contribution in [-0.4, -0.2) is 23.2 Å². The fourth-order valence-corrected chi connectivity index (χ4v) is 2.96. The molecule has 1 aromatic rings. The molecule has 104 valence electrons. The highest BCUT2D eigenvalue weighted by molar-refractivity contribution is 9.10. The van der Waals surface area contributed by atoms with Crippen LogP contribution in [-0.2, 0) is 0 Å². The van der Waals surface area contributed by atoms with E-state index in [9.17, 15) is 9.90 Å². The number of rotatable bonds is 2. The van der Waals surface area contributed by atoms with Crippen LogP contribution < -0.4 is 11.1 Å². The summed E-state index contributed by atoms with van der Waals surface area (Å²) in [4.78, 5) is 12.2. The number of aliphatic hydroxyl groups is 1. The first-order valence-corrected chi connectivity index (χ1v) is 7.40. The molecule has 1 aliphatic rings.